The third-order valence-corrected chi connectivity index (χ3v) is 5.15. The molecule has 2 heterocycles. The summed E-state index contributed by atoms with van der Waals surface area (Å²) in [5.74, 6) is 0.993. The maximum Gasteiger partial charge on any atom is 0.237 e. The lowest BCUT2D eigenvalue weighted by molar-refractivity contribution is -0.115. The van der Waals surface area contributed by atoms with Gasteiger partial charge >= 0.3 is 0 Å². The van der Waals surface area contributed by atoms with E-state index in [4.69, 9.17) is 4.74 Å². The topological polar surface area (TPSA) is 82.6 Å². The quantitative estimate of drug-likeness (QED) is 0.410. The van der Waals surface area contributed by atoms with Crippen LogP contribution in [0.1, 0.15) is 29.2 Å². The summed E-state index contributed by atoms with van der Waals surface area (Å²) in [5, 5.41) is 10.2. The SMILES string of the molecule is CN(C)CCCOc1ccc(Cc2cc(N=CC3C(=O)Nc4ccccc43)n[nH]2)cc1. The van der Waals surface area contributed by atoms with Crippen LogP contribution in [0.15, 0.2) is 59.6 Å². The number of hydrogen-bond donors (Lipinski definition) is 2. The average molecular weight is 418 g/mol. The van der Waals surface area contributed by atoms with E-state index >= 15 is 0 Å². The molecule has 1 unspecified atom stereocenters. The van der Waals surface area contributed by atoms with E-state index in [1.54, 1.807) is 6.21 Å². The molecule has 3 aromatic rings. The number of carbonyl (C=O) groups excluding carboxylic acids is 1. The number of amides is 1. The number of rotatable bonds is 9. The van der Waals surface area contributed by atoms with Crippen LogP contribution in [0.2, 0.25) is 0 Å². The molecular formula is C24H27N5O2. The maximum absolute atomic E-state index is 12.2. The van der Waals surface area contributed by atoms with Gasteiger partial charge in [0.2, 0.25) is 5.91 Å². The lowest BCUT2D eigenvalue weighted by Gasteiger charge is -2.10. The van der Waals surface area contributed by atoms with Crippen molar-refractivity contribution in [1.82, 2.24) is 15.1 Å². The second kappa shape index (κ2) is 9.57. The summed E-state index contributed by atoms with van der Waals surface area (Å²) in [6.45, 7) is 1.73. The smallest absolute Gasteiger partial charge is 0.237 e. The highest BCUT2D eigenvalue weighted by Gasteiger charge is 2.28. The molecule has 0 aliphatic carbocycles. The van der Waals surface area contributed by atoms with Gasteiger partial charge in [-0.05, 0) is 49.8 Å². The molecule has 0 saturated heterocycles. The highest BCUT2D eigenvalue weighted by molar-refractivity contribution is 6.12. The van der Waals surface area contributed by atoms with E-state index in [2.05, 4.69) is 51.6 Å². The first-order valence-electron chi connectivity index (χ1n) is 10.4. The molecule has 4 rings (SSSR count). The van der Waals surface area contributed by atoms with Gasteiger partial charge in [-0.1, -0.05) is 30.3 Å². The molecular weight excluding hydrogens is 390 g/mol. The van der Waals surface area contributed by atoms with Gasteiger partial charge in [0.25, 0.3) is 0 Å². The van der Waals surface area contributed by atoms with Crippen LogP contribution in [0, 0.1) is 0 Å². The summed E-state index contributed by atoms with van der Waals surface area (Å²) >= 11 is 0. The molecule has 0 bridgehead atoms. The predicted molar refractivity (Wildman–Crippen MR) is 122 cm³/mol. The molecule has 7 nitrogen and oxygen atoms in total. The minimum Gasteiger partial charge on any atom is -0.494 e. The average Bonchev–Trinajstić information content (AvgIpc) is 3.33. The standard InChI is InChI=1S/C24H27N5O2/c1-29(2)12-5-13-31-19-10-8-17(9-11-19)14-18-15-23(28-27-18)25-16-21-20-6-3-4-7-22(20)26-24(21)30/h3-4,6-11,15-16,21H,5,12-14H2,1-2H3,(H,26,30)(H,27,28). The molecule has 0 saturated carbocycles. The van der Waals surface area contributed by atoms with Crippen molar-refractivity contribution in [3.8, 4) is 5.75 Å². The number of nitrogens with one attached hydrogen (secondary N) is 2. The zero-order chi connectivity index (χ0) is 21.6. The highest BCUT2D eigenvalue weighted by atomic mass is 16.5. The van der Waals surface area contributed by atoms with E-state index in [0.717, 1.165) is 47.6 Å². The van der Waals surface area contributed by atoms with Gasteiger partial charge in [0.15, 0.2) is 5.82 Å². The van der Waals surface area contributed by atoms with Crippen LogP contribution in [-0.4, -0.2) is 54.5 Å². The molecule has 1 atom stereocenters. The Labute approximate surface area is 182 Å². The zero-order valence-electron chi connectivity index (χ0n) is 17.8. The van der Waals surface area contributed by atoms with Crippen LogP contribution in [-0.2, 0) is 11.2 Å². The molecule has 2 N–H and O–H groups in total. The lowest BCUT2D eigenvalue weighted by atomic mass is 10.0. The van der Waals surface area contributed by atoms with Crippen molar-refractivity contribution in [2.45, 2.75) is 18.8 Å². The number of para-hydroxylation sites is 1. The first-order chi connectivity index (χ1) is 15.1. The van der Waals surface area contributed by atoms with Crippen LogP contribution in [0.4, 0.5) is 11.5 Å². The van der Waals surface area contributed by atoms with Gasteiger partial charge in [0, 0.05) is 36.6 Å². The molecule has 0 radical (unpaired) electrons. The van der Waals surface area contributed by atoms with Crippen molar-refractivity contribution in [3.05, 3.63) is 71.4 Å². The number of aromatic amines is 1. The van der Waals surface area contributed by atoms with E-state index in [9.17, 15) is 4.79 Å². The molecule has 1 amide bonds. The normalized spacial score (nSPS) is 15.5. The summed E-state index contributed by atoms with van der Waals surface area (Å²) in [4.78, 5) is 18.8. The molecule has 1 aliphatic heterocycles. The minimum absolute atomic E-state index is 0.0651. The van der Waals surface area contributed by atoms with E-state index < -0.39 is 0 Å². The van der Waals surface area contributed by atoms with E-state index in [1.807, 2.05) is 42.5 Å². The minimum atomic E-state index is -0.387. The van der Waals surface area contributed by atoms with Gasteiger partial charge in [-0.2, -0.15) is 5.10 Å². The number of aliphatic imine (C=N–C) groups is 1. The molecule has 1 aromatic heterocycles. The molecule has 2 aromatic carbocycles. The number of hydrogen-bond acceptors (Lipinski definition) is 5. The monoisotopic (exact) mass is 417 g/mol. The number of nitrogens with zero attached hydrogens (tertiary/aromatic N) is 3. The van der Waals surface area contributed by atoms with Crippen LogP contribution in [0.3, 0.4) is 0 Å². The Bertz CT molecular complexity index is 1060. The van der Waals surface area contributed by atoms with Gasteiger partial charge in [0.1, 0.15) is 11.7 Å². The second-order valence-corrected chi connectivity index (χ2v) is 7.91. The Morgan fingerprint density at radius 3 is 2.77 bits per heavy atom. The Morgan fingerprint density at radius 2 is 1.97 bits per heavy atom. The molecule has 0 fully saturated rings. The fraction of sp³-hybridized carbons (Fsp3) is 0.292. The van der Waals surface area contributed by atoms with Gasteiger partial charge in [-0.3, -0.25) is 9.89 Å². The number of H-pyrrole nitrogens is 1. The van der Waals surface area contributed by atoms with Crippen LogP contribution < -0.4 is 10.1 Å². The first-order valence-corrected chi connectivity index (χ1v) is 10.4. The molecule has 160 valence electrons. The number of ether oxygens (including phenoxy) is 1. The summed E-state index contributed by atoms with van der Waals surface area (Å²) in [6.07, 6.45) is 3.38. The predicted octanol–water partition coefficient (Wildman–Crippen LogP) is 3.77. The van der Waals surface area contributed by atoms with Crippen molar-refractivity contribution < 1.29 is 9.53 Å². The fourth-order valence-electron chi connectivity index (χ4n) is 3.53. The van der Waals surface area contributed by atoms with Gasteiger partial charge < -0.3 is 15.0 Å². The Balaban J connectivity index is 1.32. The third-order valence-electron chi connectivity index (χ3n) is 5.15. The summed E-state index contributed by atoms with van der Waals surface area (Å²) in [6, 6.07) is 17.7. The largest absolute Gasteiger partial charge is 0.494 e. The van der Waals surface area contributed by atoms with E-state index in [-0.39, 0.29) is 11.8 Å². The van der Waals surface area contributed by atoms with Crippen molar-refractivity contribution in [2.75, 3.05) is 32.6 Å². The van der Waals surface area contributed by atoms with Crippen LogP contribution >= 0.6 is 0 Å². The van der Waals surface area contributed by atoms with E-state index in [1.165, 1.54) is 0 Å². The third kappa shape index (κ3) is 5.38. The van der Waals surface area contributed by atoms with Crippen LogP contribution in [0.25, 0.3) is 0 Å². The van der Waals surface area contributed by atoms with Crippen molar-refractivity contribution in [1.29, 1.82) is 0 Å². The summed E-state index contributed by atoms with van der Waals surface area (Å²) < 4.78 is 5.78. The highest BCUT2D eigenvalue weighted by Crippen LogP contribution is 2.31. The lowest BCUT2D eigenvalue weighted by Crippen LogP contribution is -2.15. The van der Waals surface area contributed by atoms with Gasteiger partial charge in [-0.25, -0.2) is 4.99 Å². The van der Waals surface area contributed by atoms with Gasteiger partial charge in [0.05, 0.1) is 6.61 Å². The Hall–Kier alpha value is -3.45. The maximum atomic E-state index is 12.2. The summed E-state index contributed by atoms with van der Waals surface area (Å²) in [5.41, 5.74) is 3.90. The first kappa shape index (κ1) is 20.8. The van der Waals surface area contributed by atoms with Crippen molar-refractivity contribution in [3.63, 3.8) is 0 Å². The van der Waals surface area contributed by atoms with Crippen LogP contribution in [0.5, 0.6) is 5.75 Å². The Morgan fingerprint density at radius 1 is 1.16 bits per heavy atom. The zero-order valence-corrected chi connectivity index (χ0v) is 17.8. The second-order valence-electron chi connectivity index (χ2n) is 7.91. The summed E-state index contributed by atoms with van der Waals surface area (Å²) in [7, 11) is 4.12. The fourth-order valence-corrected chi connectivity index (χ4v) is 3.53. The molecule has 1 aliphatic rings. The molecule has 0 spiro atoms. The van der Waals surface area contributed by atoms with Crippen molar-refractivity contribution >= 4 is 23.6 Å². The van der Waals surface area contributed by atoms with E-state index in [0.29, 0.717) is 12.4 Å². The van der Waals surface area contributed by atoms with Gasteiger partial charge in [-0.15, -0.1) is 0 Å². The molecule has 31 heavy (non-hydrogen) atoms. The number of fused-ring (bicyclic) bond motifs is 1. The molecule has 7 heteroatoms. The Kier molecular flexibility index (Phi) is 6.43. The number of benzene rings is 2. The number of carbonyl (C=O) groups is 1. The van der Waals surface area contributed by atoms with Crippen molar-refractivity contribution in [2.24, 2.45) is 4.99 Å². The number of aromatic nitrogens is 2. The number of anilines is 1.